The van der Waals surface area contributed by atoms with Crippen molar-refractivity contribution in [1.29, 1.82) is 0 Å². The van der Waals surface area contributed by atoms with E-state index < -0.39 is 0 Å². The number of nitrogens with one attached hydrogen (secondary N) is 2. The number of aromatic amines is 1. The zero-order valence-electron chi connectivity index (χ0n) is 8.96. The van der Waals surface area contributed by atoms with Gasteiger partial charge in [0.1, 0.15) is 5.82 Å². The van der Waals surface area contributed by atoms with Crippen molar-refractivity contribution in [1.82, 2.24) is 15.3 Å². The van der Waals surface area contributed by atoms with E-state index in [1.54, 1.807) is 12.4 Å². The van der Waals surface area contributed by atoms with Gasteiger partial charge in [-0.15, -0.1) is 0 Å². The van der Waals surface area contributed by atoms with Crippen molar-refractivity contribution < 1.29 is 4.79 Å². The van der Waals surface area contributed by atoms with E-state index in [0.717, 1.165) is 18.7 Å². The van der Waals surface area contributed by atoms with Crippen LogP contribution in [0.2, 0.25) is 0 Å². The van der Waals surface area contributed by atoms with Gasteiger partial charge in [-0.05, 0) is 12.8 Å². The SMILES string of the molecule is CCC(Br)C(=O)NC(CC)c1ncc[nH]1. The summed E-state index contributed by atoms with van der Waals surface area (Å²) < 4.78 is 0. The maximum atomic E-state index is 11.6. The molecule has 0 saturated carbocycles. The van der Waals surface area contributed by atoms with Gasteiger partial charge in [0.2, 0.25) is 5.91 Å². The third kappa shape index (κ3) is 3.34. The molecule has 15 heavy (non-hydrogen) atoms. The second-order valence-corrected chi connectivity index (χ2v) is 4.42. The van der Waals surface area contributed by atoms with E-state index in [1.807, 2.05) is 13.8 Å². The molecule has 1 heterocycles. The molecule has 2 N–H and O–H groups in total. The first-order valence-corrected chi connectivity index (χ1v) is 6.04. The second-order valence-electron chi connectivity index (χ2n) is 3.32. The number of hydrogen-bond donors (Lipinski definition) is 2. The van der Waals surface area contributed by atoms with Crippen LogP contribution in [0.4, 0.5) is 0 Å². The fourth-order valence-corrected chi connectivity index (χ4v) is 1.41. The standard InChI is InChI=1S/C10H16BrN3O/c1-3-7(11)10(15)14-8(4-2)9-12-5-6-13-9/h5-8H,3-4H2,1-2H3,(H,12,13)(H,14,15). The van der Waals surface area contributed by atoms with Gasteiger partial charge in [-0.25, -0.2) is 4.98 Å². The van der Waals surface area contributed by atoms with Crippen LogP contribution in [0.1, 0.15) is 38.6 Å². The van der Waals surface area contributed by atoms with Crippen molar-refractivity contribution in [3.05, 3.63) is 18.2 Å². The van der Waals surface area contributed by atoms with Crippen molar-refractivity contribution in [2.45, 2.75) is 37.6 Å². The van der Waals surface area contributed by atoms with E-state index in [1.165, 1.54) is 0 Å². The monoisotopic (exact) mass is 273 g/mol. The molecular formula is C10H16BrN3O. The third-order valence-electron chi connectivity index (χ3n) is 2.22. The molecule has 2 unspecified atom stereocenters. The second kappa shape index (κ2) is 5.90. The highest BCUT2D eigenvalue weighted by Gasteiger charge is 2.18. The van der Waals surface area contributed by atoms with Crippen LogP contribution in [0.15, 0.2) is 12.4 Å². The Morgan fingerprint density at radius 3 is 2.80 bits per heavy atom. The number of rotatable bonds is 5. The maximum absolute atomic E-state index is 11.6. The summed E-state index contributed by atoms with van der Waals surface area (Å²) in [5.74, 6) is 0.822. The molecule has 0 aliphatic carbocycles. The lowest BCUT2D eigenvalue weighted by Gasteiger charge is -2.16. The number of imidazole rings is 1. The van der Waals surface area contributed by atoms with Crippen LogP contribution >= 0.6 is 15.9 Å². The van der Waals surface area contributed by atoms with Crippen LogP contribution in [0.5, 0.6) is 0 Å². The van der Waals surface area contributed by atoms with Gasteiger partial charge >= 0.3 is 0 Å². The number of H-pyrrole nitrogens is 1. The Morgan fingerprint density at radius 1 is 1.60 bits per heavy atom. The summed E-state index contributed by atoms with van der Waals surface area (Å²) in [4.78, 5) is 18.7. The Bertz CT molecular complexity index is 300. The molecular weight excluding hydrogens is 258 g/mol. The number of halogens is 1. The molecule has 1 aromatic heterocycles. The molecule has 0 spiro atoms. The van der Waals surface area contributed by atoms with Gasteiger partial charge in [0.05, 0.1) is 10.9 Å². The summed E-state index contributed by atoms with van der Waals surface area (Å²) in [7, 11) is 0. The van der Waals surface area contributed by atoms with Crippen LogP contribution in [0.25, 0.3) is 0 Å². The summed E-state index contributed by atoms with van der Waals surface area (Å²) >= 11 is 3.32. The molecule has 0 saturated heterocycles. The van der Waals surface area contributed by atoms with Crippen LogP contribution in [0.3, 0.4) is 0 Å². The summed E-state index contributed by atoms with van der Waals surface area (Å²) in [6, 6.07) is -0.0286. The van der Waals surface area contributed by atoms with Crippen LogP contribution < -0.4 is 5.32 Å². The molecule has 0 aliphatic heterocycles. The first kappa shape index (κ1) is 12.2. The number of carbonyl (C=O) groups excluding carboxylic acids is 1. The molecule has 2 atom stereocenters. The normalized spacial score (nSPS) is 14.6. The molecule has 0 aromatic carbocycles. The number of amides is 1. The van der Waals surface area contributed by atoms with E-state index in [2.05, 4.69) is 31.2 Å². The zero-order chi connectivity index (χ0) is 11.3. The van der Waals surface area contributed by atoms with Gasteiger partial charge in [0, 0.05) is 12.4 Å². The third-order valence-corrected chi connectivity index (χ3v) is 3.28. The lowest BCUT2D eigenvalue weighted by molar-refractivity contribution is -0.121. The summed E-state index contributed by atoms with van der Waals surface area (Å²) in [5, 5.41) is 2.94. The van der Waals surface area contributed by atoms with Crippen molar-refractivity contribution in [3.8, 4) is 0 Å². The van der Waals surface area contributed by atoms with Crippen molar-refractivity contribution in [2.75, 3.05) is 0 Å². The quantitative estimate of drug-likeness (QED) is 0.808. The van der Waals surface area contributed by atoms with Crippen molar-refractivity contribution >= 4 is 21.8 Å². The van der Waals surface area contributed by atoms with Gasteiger partial charge in [-0.3, -0.25) is 4.79 Å². The molecule has 0 fully saturated rings. The Morgan fingerprint density at radius 2 is 2.33 bits per heavy atom. The predicted octanol–water partition coefficient (Wildman–Crippen LogP) is 2.15. The van der Waals surface area contributed by atoms with Gasteiger partial charge in [0.15, 0.2) is 0 Å². The Balaban J connectivity index is 2.58. The first-order chi connectivity index (χ1) is 7.19. The number of hydrogen-bond acceptors (Lipinski definition) is 2. The first-order valence-electron chi connectivity index (χ1n) is 5.12. The Kier molecular flexibility index (Phi) is 4.81. The number of carbonyl (C=O) groups is 1. The Hall–Kier alpha value is -0.840. The minimum atomic E-state index is -0.124. The average Bonchev–Trinajstić information content (AvgIpc) is 2.77. The van der Waals surface area contributed by atoms with Gasteiger partial charge in [-0.2, -0.15) is 0 Å². The number of aromatic nitrogens is 2. The fourth-order valence-electron chi connectivity index (χ4n) is 1.28. The molecule has 84 valence electrons. The fraction of sp³-hybridized carbons (Fsp3) is 0.600. The van der Waals surface area contributed by atoms with Crippen molar-refractivity contribution in [2.24, 2.45) is 0 Å². The average molecular weight is 274 g/mol. The van der Waals surface area contributed by atoms with Gasteiger partial charge in [0.25, 0.3) is 0 Å². The van der Waals surface area contributed by atoms with E-state index in [9.17, 15) is 4.79 Å². The molecule has 1 amide bonds. The lowest BCUT2D eigenvalue weighted by atomic mass is 10.2. The van der Waals surface area contributed by atoms with Gasteiger partial charge < -0.3 is 10.3 Å². The maximum Gasteiger partial charge on any atom is 0.234 e. The van der Waals surface area contributed by atoms with Crippen LogP contribution in [-0.4, -0.2) is 20.7 Å². The summed E-state index contributed by atoms with van der Waals surface area (Å²) in [6.07, 6.45) is 5.05. The molecule has 4 nitrogen and oxygen atoms in total. The van der Waals surface area contributed by atoms with E-state index >= 15 is 0 Å². The lowest BCUT2D eigenvalue weighted by Crippen LogP contribution is -2.34. The predicted molar refractivity (Wildman–Crippen MR) is 62.8 cm³/mol. The Labute approximate surface area is 98.0 Å². The van der Waals surface area contributed by atoms with Crippen LogP contribution in [-0.2, 0) is 4.79 Å². The van der Waals surface area contributed by atoms with Crippen molar-refractivity contribution in [3.63, 3.8) is 0 Å². The number of nitrogens with zero attached hydrogens (tertiary/aromatic N) is 1. The molecule has 1 aromatic rings. The minimum absolute atomic E-state index is 0.0146. The summed E-state index contributed by atoms with van der Waals surface area (Å²) in [5.41, 5.74) is 0. The summed E-state index contributed by atoms with van der Waals surface area (Å²) in [6.45, 7) is 3.98. The van der Waals surface area contributed by atoms with E-state index in [-0.39, 0.29) is 16.8 Å². The molecule has 0 aliphatic rings. The smallest absolute Gasteiger partial charge is 0.234 e. The highest BCUT2D eigenvalue weighted by atomic mass is 79.9. The number of alkyl halides is 1. The minimum Gasteiger partial charge on any atom is -0.347 e. The van der Waals surface area contributed by atoms with E-state index in [4.69, 9.17) is 0 Å². The van der Waals surface area contributed by atoms with Gasteiger partial charge in [-0.1, -0.05) is 29.8 Å². The topological polar surface area (TPSA) is 57.8 Å². The molecule has 0 radical (unpaired) electrons. The molecule has 0 bridgehead atoms. The van der Waals surface area contributed by atoms with Crippen LogP contribution in [0, 0.1) is 0 Å². The highest BCUT2D eigenvalue weighted by Crippen LogP contribution is 2.13. The molecule has 1 rings (SSSR count). The highest BCUT2D eigenvalue weighted by molar-refractivity contribution is 9.10. The molecule has 5 heteroatoms. The largest absolute Gasteiger partial charge is 0.347 e. The van der Waals surface area contributed by atoms with E-state index in [0.29, 0.717) is 0 Å². The zero-order valence-corrected chi connectivity index (χ0v) is 10.5.